The van der Waals surface area contributed by atoms with Crippen LogP contribution in [0.3, 0.4) is 0 Å². The van der Waals surface area contributed by atoms with Crippen LogP contribution in [-0.2, 0) is 11.3 Å². The molecule has 0 saturated carbocycles. The van der Waals surface area contributed by atoms with Gasteiger partial charge in [-0.05, 0) is 40.3 Å². The van der Waals surface area contributed by atoms with E-state index in [1.165, 1.54) is 0 Å². The zero-order chi connectivity index (χ0) is 26.1. The summed E-state index contributed by atoms with van der Waals surface area (Å²) in [5.41, 5.74) is 8.19. The van der Waals surface area contributed by atoms with Crippen molar-refractivity contribution in [1.29, 1.82) is 0 Å². The van der Waals surface area contributed by atoms with Gasteiger partial charge in [0, 0.05) is 18.0 Å². The van der Waals surface area contributed by atoms with Crippen LogP contribution in [0.2, 0.25) is 19.6 Å². The Labute approximate surface area is 260 Å². The summed E-state index contributed by atoms with van der Waals surface area (Å²) in [7, 11) is -1.78. The number of nitrogens with one attached hydrogen (secondary N) is 1. The van der Waals surface area contributed by atoms with Gasteiger partial charge < -0.3 is 23.0 Å². The SMILES string of the molecule is Cc1c(C#C[Si](C)(C)C)cc([B-](F)(F)F)cc1CNC(=O)OCC1c2ccccc2-c2ccccc21.[K+]. The van der Waals surface area contributed by atoms with Crippen LogP contribution < -0.4 is 62.2 Å². The Morgan fingerprint density at radius 2 is 1.57 bits per heavy atom. The molecule has 0 aromatic heterocycles. The number of carbonyl (C=O) groups is 1. The molecule has 186 valence electrons. The van der Waals surface area contributed by atoms with Gasteiger partial charge in [-0.2, -0.15) is 0 Å². The van der Waals surface area contributed by atoms with Gasteiger partial charge >= 0.3 is 64.5 Å². The third kappa shape index (κ3) is 7.19. The minimum absolute atomic E-state index is 0. The number of fused-ring (bicyclic) bond motifs is 3. The van der Waals surface area contributed by atoms with Crippen LogP contribution in [0, 0.1) is 18.4 Å². The Morgan fingerprint density at radius 3 is 2.11 bits per heavy atom. The summed E-state index contributed by atoms with van der Waals surface area (Å²) in [4.78, 5) is 12.6. The van der Waals surface area contributed by atoms with Crippen molar-refractivity contribution in [2.24, 2.45) is 0 Å². The number of hydrogen-bond acceptors (Lipinski definition) is 2. The zero-order valence-electron chi connectivity index (χ0n) is 21.8. The fourth-order valence-electron chi connectivity index (χ4n) is 4.37. The molecule has 1 N–H and O–H groups in total. The van der Waals surface area contributed by atoms with E-state index >= 15 is 0 Å². The van der Waals surface area contributed by atoms with Crippen LogP contribution >= 0.6 is 0 Å². The van der Waals surface area contributed by atoms with E-state index in [1.54, 1.807) is 6.92 Å². The first-order chi connectivity index (χ1) is 16.9. The average Bonchev–Trinajstić information content (AvgIpc) is 3.13. The molecule has 0 atom stereocenters. The Kier molecular flexibility index (Phi) is 9.60. The number of ether oxygens (including phenoxy) is 1. The first-order valence-corrected chi connectivity index (χ1v) is 15.4. The predicted molar refractivity (Wildman–Crippen MR) is 142 cm³/mol. The van der Waals surface area contributed by atoms with E-state index in [1.807, 2.05) is 56.0 Å². The van der Waals surface area contributed by atoms with Crippen LogP contribution in [0.1, 0.15) is 33.7 Å². The summed E-state index contributed by atoms with van der Waals surface area (Å²) >= 11 is 0. The van der Waals surface area contributed by atoms with E-state index in [4.69, 9.17) is 4.74 Å². The van der Waals surface area contributed by atoms with Crippen molar-refractivity contribution in [3.63, 3.8) is 0 Å². The molecule has 0 bridgehead atoms. The molecule has 0 heterocycles. The van der Waals surface area contributed by atoms with Crippen molar-refractivity contribution in [3.8, 4) is 22.6 Å². The Balaban J connectivity index is 0.00000380. The summed E-state index contributed by atoms with van der Waals surface area (Å²) in [5.74, 6) is 2.86. The van der Waals surface area contributed by atoms with Crippen molar-refractivity contribution >= 4 is 26.6 Å². The second-order valence-electron chi connectivity index (χ2n) is 10.1. The van der Waals surface area contributed by atoms with E-state index in [0.717, 1.165) is 34.4 Å². The van der Waals surface area contributed by atoms with E-state index in [9.17, 15) is 17.7 Å². The predicted octanol–water partition coefficient (Wildman–Crippen LogP) is 3.32. The maximum atomic E-state index is 13.6. The van der Waals surface area contributed by atoms with E-state index in [2.05, 4.69) is 28.9 Å². The van der Waals surface area contributed by atoms with Gasteiger partial charge in [-0.1, -0.05) is 86.2 Å². The molecule has 1 aliphatic carbocycles. The number of amides is 1. The fourth-order valence-corrected chi connectivity index (χ4v) is 4.88. The van der Waals surface area contributed by atoms with Gasteiger partial charge in [0.15, 0.2) is 0 Å². The third-order valence-corrected chi connectivity index (χ3v) is 7.13. The van der Waals surface area contributed by atoms with Gasteiger partial charge in [-0.15, -0.1) is 11.0 Å². The normalized spacial score (nSPS) is 12.5. The van der Waals surface area contributed by atoms with Crippen LogP contribution in [0.4, 0.5) is 17.7 Å². The molecule has 1 aliphatic rings. The molecule has 0 saturated heterocycles. The van der Waals surface area contributed by atoms with E-state index in [0.29, 0.717) is 16.7 Å². The number of halogens is 3. The van der Waals surface area contributed by atoms with Crippen molar-refractivity contribution < 1.29 is 73.9 Å². The summed E-state index contributed by atoms with van der Waals surface area (Å²) in [6, 6.07) is 18.2. The quantitative estimate of drug-likeness (QED) is 0.395. The number of benzene rings is 3. The van der Waals surface area contributed by atoms with E-state index < -0.39 is 26.6 Å². The number of carbonyl (C=O) groups excluding carboxylic acids is 1. The molecule has 0 unspecified atom stereocenters. The van der Waals surface area contributed by atoms with Gasteiger partial charge in [0.2, 0.25) is 0 Å². The monoisotopic (exact) mass is 545 g/mol. The van der Waals surface area contributed by atoms with Crippen molar-refractivity contribution in [2.75, 3.05) is 6.61 Å². The first kappa shape index (κ1) is 29.7. The largest absolute Gasteiger partial charge is 1.00 e. The van der Waals surface area contributed by atoms with Crippen molar-refractivity contribution in [2.45, 2.75) is 39.0 Å². The summed E-state index contributed by atoms with van der Waals surface area (Å²) in [6.07, 6.45) is -0.672. The molecule has 9 heteroatoms. The van der Waals surface area contributed by atoms with Crippen LogP contribution in [0.15, 0.2) is 60.7 Å². The third-order valence-electron chi connectivity index (χ3n) is 6.25. The van der Waals surface area contributed by atoms with Gasteiger partial charge in [-0.3, -0.25) is 0 Å². The van der Waals surface area contributed by atoms with Crippen LogP contribution in [-0.4, -0.2) is 27.8 Å². The Morgan fingerprint density at radius 1 is 1.00 bits per heavy atom. The summed E-state index contributed by atoms with van der Waals surface area (Å²) in [6.45, 7) is 2.69. The average molecular weight is 546 g/mol. The van der Waals surface area contributed by atoms with Gasteiger partial charge in [0.25, 0.3) is 0 Å². The molecule has 0 radical (unpaired) electrons. The van der Waals surface area contributed by atoms with E-state index in [-0.39, 0.29) is 70.5 Å². The number of alkyl carbamates (subject to hydrolysis) is 1. The van der Waals surface area contributed by atoms with Crippen LogP contribution in [0.5, 0.6) is 0 Å². The summed E-state index contributed by atoms with van der Waals surface area (Å²) in [5, 5.41) is 2.63. The fraction of sp³-hybridized carbons (Fsp3) is 0.250. The standard InChI is InChI=1S/C28H28BF3NO2Si.K/c1-19-20(13-14-36(2,3)4)15-22(29(30,31)32)16-21(19)17-33-28(34)35-18-27-25-11-7-5-9-23(25)24-10-6-8-12-26(24)27;/h5-12,15-16,27H,17-18H2,1-4H3,(H,33,34);/q-1;+1. The molecule has 1 amide bonds. The minimum Gasteiger partial charge on any atom is -0.449 e. The minimum atomic E-state index is -5.20. The molecule has 37 heavy (non-hydrogen) atoms. The molecule has 0 fully saturated rings. The summed E-state index contributed by atoms with van der Waals surface area (Å²) < 4.78 is 46.3. The molecular formula is C28H28BF3KNO2Si. The second kappa shape index (κ2) is 11.9. The zero-order valence-corrected chi connectivity index (χ0v) is 25.9. The maximum Gasteiger partial charge on any atom is 1.00 e. The van der Waals surface area contributed by atoms with Gasteiger partial charge in [0.1, 0.15) is 14.7 Å². The molecule has 4 rings (SSSR count). The van der Waals surface area contributed by atoms with Crippen molar-refractivity contribution in [1.82, 2.24) is 5.32 Å². The molecule has 3 nitrogen and oxygen atoms in total. The topological polar surface area (TPSA) is 38.3 Å². The smallest absolute Gasteiger partial charge is 0.449 e. The Hall–Kier alpha value is -1.80. The maximum absolute atomic E-state index is 13.6. The molecule has 3 aromatic rings. The molecule has 0 aliphatic heterocycles. The Bertz CT molecular complexity index is 1330. The second-order valence-corrected chi connectivity index (χ2v) is 14.9. The van der Waals surface area contributed by atoms with Crippen LogP contribution in [0.25, 0.3) is 11.1 Å². The molecular weight excluding hydrogens is 517 g/mol. The van der Waals surface area contributed by atoms with Gasteiger partial charge in [0.05, 0.1) is 0 Å². The van der Waals surface area contributed by atoms with Crippen molar-refractivity contribution in [3.05, 3.63) is 88.5 Å². The van der Waals surface area contributed by atoms with Gasteiger partial charge in [-0.25, -0.2) is 4.79 Å². The first-order valence-electron chi connectivity index (χ1n) is 11.9. The molecule has 3 aromatic carbocycles. The molecule has 0 spiro atoms. The number of rotatable bonds is 5. The number of hydrogen-bond donors (Lipinski definition) is 1.